The van der Waals surface area contributed by atoms with Gasteiger partial charge in [0.1, 0.15) is 12.4 Å². The van der Waals surface area contributed by atoms with Crippen LogP contribution in [0.3, 0.4) is 0 Å². The molecule has 2 rings (SSSR count). The van der Waals surface area contributed by atoms with Gasteiger partial charge < -0.3 is 29.4 Å². The van der Waals surface area contributed by atoms with Gasteiger partial charge in [0.2, 0.25) is 0 Å². The first-order valence-electron chi connectivity index (χ1n) is 9.87. The molecule has 0 aliphatic carbocycles. The van der Waals surface area contributed by atoms with Gasteiger partial charge in [0.05, 0.1) is 13.7 Å². The second kappa shape index (κ2) is 14.0. The molecule has 0 spiro atoms. The van der Waals surface area contributed by atoms with E-state index in [1.54, 1.807) is 7.11 Å². The third-order valence-corrected chi connectivity index (χ3v) is 4.25. The Morgan fingerprint density at radius 2 is 1.97 bits per heavy atom. The van der Waals surface area contributed by atoms with Gasteiger partial charge in [-0.15, -0.1) is 34.2 Å². The maximum atomic E-state index is 5.66. The van der Waals surface area contributed by atoms with Crippen LogP contribution in [-0.4, -0.2) is 54.2 Å². The minimum absolute atomic E-state index is 0. The molecule has 0 fully saturated rings. The SMILES string of the molecule is CCOCCCNC(=NCc1nnc(C)n1C)Nc1ccc(OC)c(OCC)c1.I. The monoisotopic (exact) mass is 532 g/mol. The minimum atomic E-state index is 0. The van der Waals surface area contributed by atoms with E-state index in [4.69, 9.17) is 14.2 Å². The first-order valence-corrected chi connectivity index (χ1v) is 9.87. The lowest BCUT2D eigenvalue weighted by Gasteiger charge is -2.15. The van der Waals surface area contributed by atoms with Crippen LogP contribution in [0.4, 0.5) is 5.69 Å². The van der Waals surface area contributed by atoms with Gasteiger partial charge in [-0.3, -0.25) is 0 Å². The van der Waals surface area contributed by atoms with Crippen LogP contribution >= 0.6 is 24.0 Å². The van der Waals surface area contributed by atoms with Crippen LogP contribution in [0, 0.1) is 6.92 Å². The van der Waals surface area contributed by atoms with Gasteiger partial charge in [-0.25, -0.2) is 4.99 Å². The smallest absolute Gasteiger partial charge is 0.196 e. The number of aryl methyl sites for hydroxylation is 1. The standard InChI is InChI=1S/C20H32N6O3.HI/c1-6-28-12-8-11-21-20(22-14-19-25-24-15(3)26(19)4)23-16-9-10-17(27-5)18(13-16)29-7-2;/h9-10,13H,6-8,11-12,14H2,1-5H3,(H2,21,22,23);1H. The minimum Gasteiger partial charge on any atom is -0.493 e. The van der Waals surface area contributed by atoms with Crippen molar-refractivity contribution in [1.29, 1.82) is 0 Å². The molecule has 1 aromatic heterocycles. The second-order valence-electron chi connectivity index (χ2n) is 6.29. The Morgan fingerprint density at radius 3 is 2.60 bits per heavy atom. The summed E-state index contributed by atoms with van der Waals surface area (Å²) in [6.07, 6.45) is 0.879. The van der Waals surface area contributed by atoms with Crippen molar-refractivity contribution >= 4 is 35.6 Å². The highest BCUT2D eigenvalue weighted by Gasteiger charge is 2.09. The van der Waals surface area contributed by atoms with E-state index in [1.807, 2.05) is 50.6 Å². The number of nitrogens with zero attached hydrogens (tertiary/aromatic N) is 4. The van der Waals surface area contributed by atoms with Crippen LogP contribution in [-0.2, 0) is 18.3 Å². The molecule has 1 aromatic carbocycles. The maximum Gasteiger partial charge on any atom is 0.196 e. The number of hydrogen-bond acceptors (Lipinski definition) is 6. The van der Waals surface area contributed by atoms with Gasteiger partial charge in [0, 0.05) is 38.6 Å². The summed E-state index contributed by atoms with van der Waals surface area (Å²) in [5.41, 5.74) is 0.847. The van der Waals surface area contributed by atoms with E-state index in [0.29, 0.717) is 37.2 Å². The first kappa shape index (κ1) is 26.0. The molecule has 0 radical (unpaired) electrons. The van der Waals surface area contributed by atoms with E-state index in [0.717, 1.165) is 36.9 Å². The van der Waals surface area contributed by atoms with Crippen LogP contribution in [0.25, 0.3) is 0 Å². The number of aromatic nitrogens is 3. The molecule has 0 saturated carbocycles. The average Bonchev–Trinajstić information content (AvgIpc) is 3.04. The summed E-state index contributed by atoms with van der Waals surface area (Å²) in [7, 11) is 3.56. The van der Waals surface area contributed by atoms with E-state index in [1.165, 1.54) is 0 Å². The van der Waals surface area contributed by atoms with Crippen molar-refractivity contribution in [2.24, 2.45) is 12.0 Å². The summed E-state index contributed by atoms with van der Waals surface area (Å²) in [5, 5.41) is 14.9. The van der Waals surface area contributed by atoms with Crippen LogP contribution in [0.1, 0.15) is 31.9 Å². The molecule has 0 amide bonds. The fraction of sp³-hybridized carbons (Fsp3) is 0.550. The highest BCUT2D eigenvalue weighted by Crippen LogP contribution is 2.30. The Balaban J connectivity index is 0.00000450. The van der Waals surface area contributed by atoms with Crippen molar-refractivity contribution in [3.63, 3.8) is 0 Å². The number of aliphatic imine (C=N–C) groups is 1. The number of nitrogens with one attached hydrogen (secondary N) is 2. The fourth-order valence-electron chi connectivity index (χ4n) is 2.56. The molecule has 168 valence electrons. The zero-order valence-corrected chi connectivity index (χ0v) is 20.7. The Morgan fingerprint density at radius 1 is 1.17 bits per heavy atom. The van der Waals surface area contributed by atoms with Gasteiger partial charge in [-0.1, -0.05) is 0 Å². The normalized spacial score (nSPS) is 11.0. The Kier molecular flexibility index (Phi) is 12.1. The molecule has 10 heteroatoms. The Hall–Kier alpha value is -2.08. The lowest BCUT2D eigenvalue weighted by molar-refractivity contribution is 0.146. The van der Waals surface area contributed by atoms with Crippen molar-refractivity contribution in [3.8, 4) is 11.5 Å². The van der Waals surface area contributed by atoms with E-state index in [2.05, 4.69) is 25.8 Å². The molecule has 0 unspecified atom stereocenters. The molecule has 0 atom stereocenters. The fourth-order valence-corrected chi connectivity index (χ4v) is 2.56. The molecule has 2 aromatic rings. The van der Waals surface area contributed by atoms with E-state index in [9.17, 15) is 0 Å². The summed E-state index contributed by atoms with van der Waals surface area (Å²) in [6.45, 7) is 8.97. The largest absolute Gasteiger partial charge is 0.493 e. The van der Waals surface area contributed by atoms with Crippen molar-refractivity contribution < 1.29 is 14.2 Å². The number of methoxy groups -OCH3 is 1. The molecule has 0 saturated heterocycles. The van der Waals surface area contributed by atoms with Gasteiger partial charge in [-0.2, -0.15) is 0 Å². The van der Waals surface area contributed by atoms with Gasteiger partial charge in [0.15, 0.2) is 23.3 Å². The predicted molar refractivity (Wildman–Crippen MR) is 129 cm³/mol. The zero-order valence-electron chi connectivity index (χ0n) is 18.4. The predicted octanol–water partition coefficient (Wildman–Crippen LogP) is 3.13. The number of benzene rings is 1. The molecule has 9 nitrogen and oxygen atoms in total. The van der Waals surface area contributed by atoms with Gasteiger partial charge in [-0.05, 0) is 39.3 Å². The Bertz CT molecular complexity index is 797. The molecular weight excluding hydrogens is 499 g/mol. The summed E-state index contributed by atoms with van der Waals surface area (Å²) in [6, 6.07) is 5.68. The number of ether oxygens (including phenoxy) is 3. The van der Waals surface area contributed by atoms with Crippen LogP contribution in [0.15, 0.2) is 23.2 Å². The summed E-state index contributed by atoms with van der Waals surface area (Å²) < 4.78 is 18.3. The van der Waals surface area contributed by atoms with Crippen LogP contribution < -0.4 is 20.1 Å². The van der Waals surface area contributed by atoms with Gasteiger partial charge in [0.25, 0.3) is 0 Å². The summed E-state index contributed by atoms with van der Waals surface area (Å²) in [5.74, 6) is 3.66. The highest BCUT2D eigenvalue weighted by atomic mass is 127. The number of anilines is 1. The van der Waals surface area contributed by atoms with Crippen LogP contribution in [0.2, 0.25) is 0 Å². The second-order valence-corrected chi connectivity index (χ2v) is 6.29. The number of guanidine groups is 1. The maximum absolute atomic E-state index is 5.66. The summed E-state index contributed by atoms with van der Waals surface area (Å²) >= 11 is 0. The lowest BCUT2D eigenvalue weighted by Crippen LogP contribution is -2.32. The number of halogens is 1. The van der Waals surface area contributed by atoms with E-state index < -0.39 is 0 Å². The molecule has 0 bridgehead atoms. The molecule has 0 aliphatic heterocycles. The average molecular weight is 532 g/mol. The molecule has 0 aliphatic rings. The van der Waals surface area contributed by atoms with Crippen LogP contribution in [0.5, 0.6) is 11.5 Å². The lowest BCUT2D eigenvalue weighted by atomic mass is 10.2. The first-order chi connectivity index (χ1) is 14.1. The van der Waals surface area contributed by atoms with Crippen molar-refractivity contribution in [2.45, 2.75) is 33.7 Å². The number of hydrogen-bond donors (Lipinski definition) is 2. The quantitative estimate of drug-likeness (QED) is 0.199. The van der Waals surface area contributed by atoms with Crippen molar-refractivity contribution in [3.05, 3.63) is 29.8 Å². The van der Waals surface area contributed by atoms with Gasteiger partial charge >= 0.3 is 0 Å². The highest BCUT2D eigenvalue weighted by molar-refractivity contribution is 14.0. The Labute approximate surface area is 195 Å². The zero-order chi connectivity index (χ0) is 21.1. The van der Waals surface area contributed by atoms with Crippen molar-refractivity contribution in [1.82, 2.24) is 20.1 Å². The van der Waals surface area contributed by atoms with E-state index in [-0.39, 0.29) is 24.0 Å². The third-order valence-electron chi connectivity index (χ3n) is 4.25. The molecular formula is C20H33IN6O3. The third kappa shape index (κ3) is 7.98. The number of rotatable bonds is 11. The van der Waals surface area contributed by atoms with Crippen molar-refractivity contribution in [2.75, 3.05) is 38.8 Å². The summed E-state index contributed by atoms with van der Waals surface area (Å²) in [4.78, 5) is 4.66. The van der Waals surface area contributed by atoms with E-state index >= 15 is 0 Å². The molecule has 30 heavy (non-hydrogen) atoms. The molecule has 2 N–H and O–H groups in total. The molecule has 1 heterocycles. The topological polar surface area (TPSA) is 94.8 Å².